The zero-order valence-corrected chi connectivity index (χ0v) is 63.7. The van der Waals surface area contributed by atoms with Crippen molar-refractivity contribution in [2.75, 3.05) is 65.6 Å². The minimum absolute atomic E-state index is 0.652. The molecule has 5 heteroatoms. The van der Waals surface area contributed by atoms with Crippen molar-refractivity contribution in [3.05, 3.63) is 0 Å². The van der Waals surface area contributed by atoms with Gasteiger partial charge in [0.05, 0.1) is 12.3 Å². The highest BCUT2D eigenvalue weighted by atomic mass is 16.5. The molecule has 0 aliphatic heterocycles. The van der Waals surface area contributed by atoms with Crippen LogP contribution in [0, 0.1) is 0 Å². The molecule has 0 amide bonds. The molecule has 0 rings (SSSR count). The highest BCUT2D eigenvalue weighted by Gasteiger charge is 2.26. The maximum atomic E-state index is 6.27. The van der Waals surface area contributed by atoms with Crippen LogP contribution in [-0.4, -0.2) is 97.5 Å². The monoisotopic (exact) mass is 1260 g/mol. The number of rotatable bonds is 80. The number of unbranched alkanes of at least 4 members (excludes halogenated alkanes) is 52. The first-order chi connectivity index (χ1) is 44.1. The minimum Gasteiger partial charge on any atom is -0.381 e. The molecule has 5 nitrogen and oxygen atoms in total. The Kier molecular flexibility index (Phi) is 76.6. The molecule has 0 heterocycles. The molecule has 0 bridgehead atoms. The van der Waals surface area contributed by atoms with Crippen LogP contribution in [0.5, 0.6) is 0 Å². The third-order valence-corrected chi connectivity index (χ3v) is 20.6. The third-order valence-electron chi connectivity index (χ3n) is 20.6. The maximum absolute atomic E-state index is 6.27. The Morgan fingerprint density at radius 3 is 0.461 bits per heavy atom. The highest BCUT2D eigenvalue weighted by molar-refractivity contribution is 4.78. The summed E-state index contributed by atoms with van der Waals surface area (Å²) < 4.78 is 6.27. The van der Waals surface area contributed by atoms with Gasteiger partial charge in [-0.25, -0.2) is 0 Å². The van der Waals surface area contributed by atoms with Crippen LogP contribution < -0.4 is 0 Å². The molecule has 0 aromatic heterocycles. The number of hydrogen-bond donors (Lipinski definition) is 0. The largest absolute Gasteiger partial charge is 0.381 e. The van der Waals surface area contributed by atoms with E-state index in [2.05, 4.69) is 75.0 Å². The lowest BCUT2D eigenvalue weighted by Gasteiger charge is -2.41. The molecule has 0 atom stereocenters. The predicted octanol–water partition coefficient (Wildman–Crippen LogP) is 28.0. The summed E-state index contributed by atoms with van der Waals surface area (Å²) in [7, 11) is 0. The van der Waals surface area contributed by atoms with Crippen LogP contribution in [-0.2, 0) is 4.74 Å². The van der Waals surface area contributed by atoms with E-state index >= 15 is 0 Å². The van der Waals surface area contributed by atoms with Crippen molar-refractivity contribution in [3.63, 3.8) is 0 Å². The van der Waals surface area contributed by atoms with Gasteiger partial charge in [0.25, 0.3) is 0 Å². The normalized spacial score (nSPS) is 12.2. The lowest BCUT2D eigenvalue weighted by atomic mass is 10.0. The second-order valence-corrected chi connectivity index (χ2v) is 29.4. The predicted molar refractivity (Wildman–Crippen MR) is 406 cm³/mol. The summed E-state index contributed by atoms with van der Waals surface area (Å²) in [5.74, 6) is 0. The first-order valence-corrected chi connectivity index (χ1v) is 42.6. The Hall–Kier alpha value is -0.200. The van der Waals surface area contributed by atoms with E-state index in [9.17, 15) is 0 Å². The summed E-state index contributed by atoms with van der Waals surface area (Å²) in [6, 6.07) is 0. The number of nitrogens with zero attached hydrogens (tertiary/aromatic N) is 4. The number of ether oxygens (including phenoxy) is 1. The molecular formula is C84H174N4O. The molecule has 0 radical (unpaired) electrons. The van der Waals surface area contributed by atoms with Crippen molar-refractivity contribution in [1.82, 2.24) is 19.6 Å². The summed E-state index contributed by atoms with van der Waals surface area (Å²) in [6.45, 7) is 31.5. The fraction of sp³-hybridized carbons (Fsp3) is 1.00. The first-order valence-electron chi connectivity index (χ1n) is 42.6. The van der Waals surface area contributed by atoms with Gasteiger partial charge in [0.2, 0.25) is 0 Å². The van der Waals surface area contributed by atoms with Gasteiger partial charge in [0.15, 0.2) is 0 Å². The van der Waals surface area contributed by atoms with E-state index in [1.54, 1.807) is 0 Å². The van der Waals surface area contributed by atoms with Crippen LogP contribution in [0.25, 0.3) is 0 Å². The van der Waals surface area contributed by atoms with Crippen molar-refractivity contribution in [1.29, 1.82) is 0 Å². The van der Waals surface area contributed by atoms with E-state index in [1.165, 1.54) is 463 Å². The van der Waals surface area contributed by atoms with E-state index in [4.69, 9.17) is 4.74 Å². The molecule has 0 saturated heterocycles. The average Bonchev–Trinajstić information content (AvgIpc) is 3.57. The standard InChI is InChI=1S/C84H174N4O/c1-9-17-25-33-49-61-73-85(74-62-50-34-26-18-10-2)83(86(75-63-51-35-27-19-11-3)76-64-52-36-28-20-12-4)71-59-47-43-41-45-57-69-81-89-82-70-58-46-42-44-48-60-72-84(87(77-65-53-37-29-21-13-5)78-66-54-38-30-22-14-6)88(79-67-55-39-31-23-15-7)80-68-56-40-32-24-16-8/h83-84H,9-82H2,1-8H3. The summed E-state index contributed by atoms with van der Waals surface area (Å²) in [5.41, 5.74) is 0. The van der Waals surface area contributed by atoms with Gasteiger partial charge in [-0.1, -0.05) is 389 Å². The van der Waals surface area contributed by atoms with Gasteiger partial charge in [-0.15, -0.1) is 0 Å². The molecule has 0 aromatic carbocycles. The Bertz CT molecular complexity index is 1020. The van der Waals surface area contributed by atoms with E-state index in [1.807, 2.05) is 0 Å². The van der Waals surface area contributed by atoms with Crippen molar-refractivity contribution >= 4 is 0 Å². The van der Waals surface area contributed by atoms with Crippen LogP contribution >= 0.6 is 0 Å². The van der Waals surface area contributed by atoms with E-state index in [0.717, 1.165) is 13.2 Å². The maximum Gasteiger partial charge on any atom is 0.0622 e. The highest BCUT2D eigenvalue weighted by Crippen LogP contribution is 2.25. The van der Waals surface area contributed by atoms with Gasteiger partial charge >= 0.3 is 0 Å². The van der Waals surface area contributed by atoms with Crippen molar-refractivity contribution in [2.45, 2.75) is 479 Å². The van der Waals surface area contributed by atoms with Gasteiger partial charge in [-0.2, -0.15) is 0 Å². The van der Waals surface area contributed by atoms with Crippen molar-refractivity contribution < 1.29 is 4.74 Å². The van der Waals surface area contributed by atoms with Gasteiger partial charge in [-0.3, -0.25) is 19.6 Å². The zero-order chi connectivity index (χ0) is 64.5. The molecule has 89 heavy (non-hydrogen) atoms. The lowest BCUT2D eigenvalue weighted by Crippen LogP contribution is -2.50. The second-order valence-electron chi connectivity index (χ2n) is 29.4. The smallest absolute Gasteiger partial charge is 0.0622 e. The Balaban J connectivity index is 5.31. The quantitative estimate of drug-likeness (QED) is 0.0446. The summed E-state index contributed by atoms with van der Waals surface area (Å²) in [4.78, 5) is 12.3. The average molecular weight is 1260 g/mol. The minimum atomic E-state index is 0.652. The molecule has 0 aliphatic rings. The molecule has 0 fully saturated rings. The lowest BCUT2D eigenvalue weighted by molar-refractivity contribution is 0.0280. The molecule has 536 valence electrons. The van der Waals surface area contributed by atoms with Gasteiger partial charge < -0.3 is 4.74 Å². The fourth-order valence-electron chi connectivity index (χ4n) is 14.5. The van der Waals surface area contributed by atoms with E-state index in [0.29, 0.717) is 12.3 Å². The molecular weight excluding hydrogens is 1080 g/mol. The Labute approximate surface area is 565 Å². The fourth-order valence-corrected chi connectivity index (χ4v) is 14.5. The van der Waals surface area contributed by atoms with Crippen molar-refractivity contribution in [2.24, 2.45) is 0 Å². The van der Waals surface area contributed by atoms with E-state index in [-0.39, 0.29) is 0 Å². The summed E-state index contributed by atoms with van der Waals surface area (Å²) in [5, 5.41) is 0. The molecule has 0 saturated carbocycles. The van der Waals surface area contributed by atoms with Crippen LogP contribution in [0.1, 0.15) is 466 Å². The van der Waals surface area contributed by atoms with Crippen molar-refractivity contribution in [3.8, 4) is 0 Å². The van der Waals surface area contributed by atoms with Gasteiger partial charge in [0, 0.05) is 13.2 Å². The molecule has 0 unspecified atom stereocenters. The topological polar surface area (TPSA) is 22.2 Å². The molecule has 0 spiro atoms. The van der Waals surface area contributed by atoms with Crippen LogP contribution in [0.4, 0.5) is 0 Å². The Morgan fingerprint density at radius 2 is 0.292 bits per heavy atom. The Morgan fingerprint density at radius 1 is 0.157 bits per heavy atom. The van der Waals surface area contributed by atoms with Crippen LogP contribution in [0.2, 0.25) is 0 Å². The molecule has 0 aromatic rings. The third kappa shape index (κ3) is 62.4. The second kappa shape index (κ2) is 76.8. The van der Waals surface area contributed by atoms with Crippen LogP contribution in [0.15, 0.2) is 0 Å². The summed E-state index contributed by atoms with van der Waals surface area (Å²) in [6.07, 6.45) is 91.2. The first kappa shape index (κ1) is 88.8. The van der Waals surface area contributed by atoms with Crippen LogP contribution in [0.3, 0.4) is 0 Å². The summed E-state index contributed by atoms with van der Waals surface area (Å²) >= 11 is 0. The number of hydrogen-bond acceptors (Lipinski definition) is 5. The van der Waals surface area contributed by atoms with Gasteiger partial charge in [-0.05, 0) is 129 Å². The molecule has 0 N–H and O–H groups in total. The van der Waals surface area contributed by atoms with Gasteiger partial charge in [0.1, 0.15) is 0 Å². The van der Waals surface area contributed by atoms with E-state index < -0.39 is 0 Å². The molecule has 0 aliphatic carbocycles. The zero-order valence-electron chi connectivity index (χ0n) is 63.7. The SMILES string of the molecule is CCCCCCCCN(CCCCCCCC)C(CCCCCCCCCOCCCCCCCCCC(N(CCCCCCCC)CCCCCCCC)N(CCCCCCCC)CCCCCCCC)N(CCCCCCCC)CCCCCCCC.